The Balaban J connectivity index is 0.589. The van der Waals surface area contributed by atoms with Gasteiger partial charge in [0.05, 0.1) is 29.5 Å². The van der Waals surface area contributed by atoms with Crippen molar-refractivity contribution in [2.75, 3.05) is 123 Å². The number of fused-ring (bicyclic) bond motifs is 2. The first-order valence-electron chi connectivity index (χ1n) is 33.9. The molecule has 6 aromatic rings. The zero-order valence-electron chi connectivity index (χ0n) is 55.4. The number of amides is 5. The molecule has 4 saturated heterocycles. The maximum absolute atomic E-state index is 14.3. The number of likely N-dealkylation sites (N-methyl/N-ethyl adjacent to an activating group) is 1. The first-order chi connectivity index (χ1) is 47.0. The van der Waals surface area contributed by atoms with E-state index in [0.29, 0.717) is 113 Å². The summed E-state index contributed by atoms with van der Waals surface area (Å²) >= 11 is 0. The molecule has 5 aliphatic rings. The van der Waals surface area contributed by atoms with Crippen LogP contribution in [-0.4, -0.2) is 184 Å². The number of unbranched alkanes of at least 4 members (excludes halogenated alkanes) is 2. The van der Waals surface area contributed by atoms with E-state index in [9.17, 15) is 54.7 Å². The highest BCUT2D eigenvalue weighted by Crippen LogP contribution is 2.49. The number of anilines is 2. The molecule has 6 aromatic carbocycles. The van der Waals surface area contributed by atoms with E-state index in [1.807, 2.05) is 105 Å². The summed E-state index contributed by atoms with van der Waals surface area (Å²) in [6.45, 7) is 6.27. The number of piperidine rings is 2. The first-order valence-corrected chi connectivity index (χ1v) is 33.9. The number of nitrogens with zero attached hydrogens (tertiary/aromatic N) is 7. The molecule has 0 unspecified atom stereocenters. The molecule has 1 spiro atoms. The Kier molecular flexibility index (Phi) is 22.6. The second kappa shape index (κ2) is 31.2. The van der Waals surface area contributed by atoms with Crippen LogP contribution in [0.15, 0.2) is 146 Å². The molecular weight excluding hydrogens is 1270 g/mol. The van der Waals surface area contributed by atoms with Crippen molar-refractivity contribution in [1.82, 2.24) is 29.4 Å². The van der Waals surface area contributed by atoms with Gasteiger partial charge < -0.3 is 48.5 Å². The summed E-state index contributed by atoms with van der Waals surface area (Å²) in [7, 11) is 3.87. The van der Waals surface area contributed by atoms with Crippen molar-refractivity contribution in [2.45, 2.75) is 106 Å². The smallest absolute Gasteiger partial charge is 0.416 e. The number of rotatable bonds is 22. The highest BCUT2D eigenvalue weighted by Gasteiger charge is 2.50. The van der Waals surface area contributed by atoms with E-state index in [-0.39, 0.29) is 55.6 Å². The quantitative estimate of drug-likeness (QED) is 0.0511. The van der Waals surface area contributed by atoms with E-state index < -0.39 is 64.6 Å². The van der Waals surface area contributed by atoms with Gasteiger partial charge in [0.1, 0.15) is 30.9 Å². The fraction of sp³-hybridized carbons (Fsp3) is 0.453. The lowest BCUT2D eigenvalue weighted by Crippen LogP contribution is -2.50. The van der Waals surface area contributed by atoms with Crippen molar-refractivity contribution in [3.8, 4) is 11.1 Å². The predicted octanol–water partition coefficient (Wildman–Crippen LogP) is 12.8. The van der Waals surface area contributed by atoms with E-state index in [0.717, 1.165) is 85.6 Å². The minimum atomic E-state index is -5.15. The third-order valence-electron chi connectivity index (χ3n) is 20.3. The molecule has 1 aliphatic carbocycles. The maximum Gasteiger partial charge on any atom is 0.416 e. The highest BCUT2D eigenvalue weighted by molar-refractivity contribution is 5.96. The maximum atomic E-state index is 14.3. The van der Waals surface area contributed by atoms with Crippen molar-refractivity contribution in [2.24, 2.45) is 0 Å². The summed E-state index contributed by atoms with van der Waals surface area (Å²) < 4.78 is 116. The van der Waals surface area contributed by atoms with Gasteiger partial charge in [0.2, 0.25) is 11.8 Å². The summed E-state index contributed by atoms with van der Waals surface area (Å²) in [5, 5.41) is 2.93. The zero-order chi connectivity index (χ0) is 69.2. The third-order valence-corrected chi connectivity index (χ3v) is 20.3. The Morgan fingerprint density at radius 3 is 2.00 bits per heavy atom. The van der Waals surface area contributed by atoms with Crippen LogP contribution in [0.25, 0.3) is 11.1 Å². The third kappa shape index (κ3) is 17.2. The topological polar surface area (TPSA) is 148 Å². The molecule has 16 nitrogen and oxygen atoms in total. The van der Waals surface area contributed by atoms with Crippen LogP contribution in [0.4, 0.5) is 46.9 Å². The molecule has 0 radical (unpaired) electrons. The van der Waals surface area contributed by atoms with Gasteiger partial charge in [-0.2, -0.15) is 26.3 Å². The van der Waals surface area contributed by atoms with E-state index >= 15 is 0 Å². The summed E-state index contributed by atoms with van der Waals surface area (Å²) in [4.78, 5) is 80.8. The van der Waals surface area contributed by atoms with Gasteiger partial charge in [-0.25, -0.2) is 9.18 Å². The minimum Gasteiger partial charge on any atom is -0.446 e. The minimum absolute atomic E-state index is 0.0262. The molecule has 4 aliphatic heterocycles. The monoisotopic (exact) mass is 1360 g/mol. The van der Waals surface area contributed by atoms with Crippen LogP contribution in [-0.2, 0) is 53.6 Å². The van der Waals surface area contributed by atoms with Crippen LogP contribution in [0.1, 0.15) is 113 Å². The van der Waals surface area contributed by atoms with E-state index in [1.165, 1.54) is 29.8 Å². The molecular formula is C75H85F7N8O8. The molecule has 23 heteroatoms. The molecule has 5 amide bonds. The number of alkyl halides is 6. The Labute approximate surface area is 567 Å². The largest absolute Gasteiger partial charge is 0.446 e. The molecule has 4 fully saturated rings. The SMILES string of the molecule is CN(CCN1CCC(OC(=O)Nc2ccccc2-c2ccccc2)CC1)C(=O)CCCCCN(C)c1ccc(C(=O)N2CCCN(C(=O)CO[C@H]3Cc4ccccc4C34CCN(CC[C@@]3(c5ccc(F)cc5)CN(C(=O)c5cc(C(F)(F)F)cc(C(F)(F)F)c5)CO3)CC4)CC2)cc1. The van der Waals surface area contributed by atoms with Crippen LogP contribution >= 0.6 is 0 Å². The zero-order valence-corrected chi connectivity index (χ0v) is 55.4. The number of hydrogen-bond donors (Lipinski definition) is 1. The van der Waals surface area contributed by atoms with Gasteiger partial charge in [0.15, 0.2) is 0 Å². The molecule has 2 atom stereocenters. The number of para-hydroxylation sites is 1. The standard InChI is InChI=1S/C75H85F7N8O8/c1-84(34-12-4-7-20-67(91)85(2)42-43-86-37-29-62(30-38-86)98-71(95)83-65-19-11-9-17-63(65)53-14-5-3-6-15-53)61-27-21-54(22-28-61)69(93)89-36-13-35-88(44-45-89)68(92)50-96-66-48-55-16-8-10-18-64(55)72(66)31-39-87(40-32-72)41-33-73(57-23-25-60(76)26-24-57)51-90(52-97-73)70(94)56-46-58(74(77,78)79)49-59(47-56)75(80,81)82/h3,5-6,8-11,14-19,21-28,46-47,49,62,66H,4,7,12-13,20,29-45,48,50-52H2,1-2H3,(H,83,95)/t66-,73-/m0/s1. The molecule has 0 bridgehead atoms. The van der Waals surface area contributed by atoms with Crippen LogP contribution < -0.4 is 10.2 Å². The van der Waals surface area contributed by atoms with Gasteiger partial charge in [0.25, 0.3) is 11.8 Å². The number of hydrogen-bond acceptors (Lipinski definition) is 11. The number of carbonyl (C=O) groups is 5. The Morgan fingerprint density at radius 1 is 0.643 bits per heavy atom. The summed E-state index contributed by atoms with van der Waals surface area (Å²) in [6, 6.07) is 39.6. The summed E-state index contributed by atoms with van der Waals surface area (Å²) in [6.07, 6.45) is -3.93. The van der Waals surface area contributed by atoms with E-state index in [4.69, 9.17) is 14.2 Å². The average Bonchev–Trinajstić information content (AvgIpc) is 1.60. The summed E-state index contributed by atoms with van der Waals surface area (Å²) in [5.74, 6) is -1.74. The van der Waals surface area contributed by atoms with Gasteiger partial charge >= 0.3 is 18.4 Å². The fourth-order valence-corrected chi connectivity index (χ4v) is 14.5. The molecule has 4 heterocycles. The van der Waals surface area contributed by atoms with Crippen molar-refractivity contribution in [3.05, 3.63) is 190 Å². The van der Waals surface area contributed by atoms with E-state index in [1.54, 1.807) is 14.7 Å². The van der Waals surface area contributed by atoms with E-state index in [2.05, 4.69) is 32.1 Å². The number of carbonyl (C=O) groups excluding carboxylic acids is 5. The van der Waals surface area contributed by atoms with Crippen LogP contribution in [0.2, 0.25) is 0 Å². The molecule has 98 heavy (non-hydrogen) atoms. The Bertz CT molecular complexity index is 3700. The number of benzene rings is 6. The number of ether oxygens (including phenoxy) is 3. The van der Waals surface area contributed by atoms with Gasteiger partial charge in [0, 0.05) is 114 Å². The van der Waals surface area contributed by atoms with Crippen molar-refractivity contribution < 1.29 is 68.9 Å². The lowest BCUT2D eigenvalue weighted by atomic mass is 9.72. The number of nitrogens with one attached hydrogen (secondary N) is 1. The van der Waals surface area contributed by atoms with Gasteiger partial charge in [-0.3, -0.25) is 24.5 Å². The fourth-order valence-electron chi connectivity index (χ4n) is 14.5. The lowest BCUT2D eigenvalue weighted by molar-refractivity contribution is -0.143. The predicted molar refractivity (Wildman–Crippen MR) is 358 cm³/mol. The molecule has 11 rings (SSSR count). The normalized spacial score (nSPS) is 19.3. The summed E-state index contributed by atoms with van der Waals surface area (Å²) in [5.41, 5.74) is 1.30. The molecule has 0 aromatic heterocycles. The number of halogens is 7. The van der Waals surface area contributed by atoms with Crippen LogP contribution in [0.5, 0.6) is 0 Å². The van der Waals surface area contributed by atoms with Gasteiger partial charge in [-0.15, -0.1) is 0 Å². The molecule has 1 N–H and O–H groups in total. The highest BCUT2D eigenvalue weighted by atomic mass is 19.4. The molecule has 522 valence electrons. The van der Waals surface area contributed by atoms with Gasteiger partial charge in [-0.1, -0.05) is 91.3 Å². The van der Waals surface area contributed by atoms with Crippen molar-refractivity contribution >= 4 is 41.1 Å². The second-order valence-corrected chi connectivity index (χ2v) is 26.6. The second-order valence-electron chi connectivity index (χ2n) is 26.6. The Hall–Kier alpha value is -8.38. The van der Waals surface area contributed by atoms with Gasteiger partial charge in [-0.05, 0) is 154 Å². The van der Waals surface area contributed by atoms with Crippen LogP contribution in [0, 0.1) is 5.82 Å². The number of likely N-dealkylation sites (tertiary alicyclic amines) is 2. The first kappa shape index (κ1) is 70.9. The molecule has 0 saturated carbocycles. The lowest BCUT2D eigenvalue weighted by Gasteiger charge is -2.44. The van der Waals surface area contributed by atoms with Crippen LogP contribution in [0.3, 0.4) is 0 Å². The van der Waals surface area contributed by atoms with Crippen molar-refractivity contribution in [1.29, 1.82) is 0 Å². The van der Waals surface area contributed by atoms with Crippen molar-refractivity contribution in [3.63, 3.8) is 0 Å². The Morgan fingerprint density at radius 2 is 1.29 bits per heavy atom. The average molecular weight is 1360 g/mol.